The maximum atomic E-state index is 8.96. The first-order valence-corrected chi connectivity index (χ1v) is 8.83. The van der Waals surface area contributed by atoms with Gasteiger partial charge in [0.15, 0.2) is 0 Å². The average Bonchev–Trinajstić information content (AvgIpc) is 3.40. The Morgan fingerprint density at radius 1 is 1.07 bits per heavy atom. The number of nitrogens with zero attached hydrogens (tertiary/aromatic N) is 4. The molecule has 5 heteroatoms. The molecule has 1 N–H and O–H groups in total. The summed E-state index contributed by atoms with van der Waals surface area (Å²) in [5.74, 6) is 0.172. The van der Waals surface area contributed by atoms with Crippen LogP contribution in [0.4, 0.5) is 0 Å². The number of aromatic nitrogens is 4. The lowest BCUT2D eigenvalue weighted by molar-refractivity contribution is 0.710. The predicted molar refractivity (Wildman–Crippen MR) is 104 cm³/mol. The Morgan fingerprint density at radius 3 is 2.63 bits per heavy atom. The van der Waals surface area contributed by atoms with Crippen LogP contribution in [0.5, 0.6) is 0 Å². The van der Waals surface area contributed by atoms with Crippen molar-refractivity contribution in [2.24, 2.45) is 0 Å². The minimum Gasteiger partial charge on any atom is -0.345 e. The highest BCUT2D eigenvalue weighted by Gasteiger charge is 2.18. The summed E-state index contributed by atoms with van der Waals surface area (Å²) in [5.41, 5.74) is 6.34. The van der Waals surface area contributed by atoms with Gasteiger partial charge in [-0.05, 0) is 23.3 Å². The molecule has 0 fully saturated rings. The first-order chi connectivity index (χ1) is 13.3. The molecule has 0 radical (unpaired) electrons. The molecule has 27 heavy (non-hydrogen) atoms. The van der Waals surface area contributed by atoms with Gasteiger partial charge in [0.05, 0.1) is 36.2 Å². The molecular weight excluding hydrogens is 334 g/mol. The Labute approximate surface area is 158 Å². The first kappa shape index (κ1) is 16.8. The van der Waals surface area contributed by atoms with Gasteiger partial charge in [0.1, 0.15) is 0 Å². The number of benzene rings is 2. The Balaban J connectivity index is 1.66. The molecule has 0 saturated heterocycles. The van der Waals surface area contributed by atoms with E-state index in [4.69, 9.17) is 5.26 Å². The van der Waals surface area contributed by atoms with E-state index >= 15 is 0 Å². The molecule has 4 rings (SSSR count). The summed E-state index contributed by atoms with van der Waals surface area (Å²) >= 11 is 0. The lowest BCUT2D eigenvalue weighted by Crippen LogP contribution is -2.08. The summed E-state index contributed by atoms with van der Waals surface area (Å²) in [6.07, 6.45) is 7.34. The number of rotatable bonds is 5. The highest BCUT2D eigenvalue weighted by atomic mass is 15.0. The molecule has 5 nitrogen and oxygen atoms in total. The molecule has 0 aliphatic carbocycles. The van der Waals surface area contributed by atoms with E-state index in [1.807, 2.05) is 49.1 Å². The van der Waals surface area contributed by atoms with E-state index in [0.717, 1.165) is 29.1 Å². The normalized spacial score (nSPS) is 11.9. The van der Waals surface area contributed by atoms with Crippen LogP contribution in [0.3, 0.4) is 0 Å². The van der Waals surface area contributed by atoms with Crippen molar-refractivity contribution >= 4 is 0 Å². The van der Waals surface area contributed by atoms with Crippen LogP contribution in [0.15, 0.2) is 73.6 Å². The van der Waals surface area contributed by atoms with E-state index in [1.165, 1.54) is 5.56 Å². The second-order valence-electron chi connectivity index (χ2n) is 6.53. The van der Waals surface area contributed by atoms with Crippen molar-refractivity contribution in [2.45, 2.75) is 19.4 Å². The van der Waals surface area contributed by atoms with Crippen LogP contribution in [0.2, 0.25) is 0 Å². The fourth-order valence-corrected chi connectivity index (χ4v) is 3.39. The molecule has 2 aromatic heterocycles. The van der Waals surface area contributed by atoms with E-state index in [0.29, 0.717) is 5.56 Å². The Hall–Kier alpha value is -3.65. The van der Waals surface area contributed by atoms with E-state index in [-0.39, 0.29) is 5.92 Å². The van der Waals surface area contributed by atoms with Crippen LogP contribution in [-0.2, 0) is 6.54 Å². The van der Waals surface area contributed by atoms with Gasteiger partial charge in [0, 0.05) is 29.9 Å². The van der Waals surface area contributed by atoms with Crippen LogP contribution in [0.25, 0.3) is 11.3 Å². The molecule has 132 valence electrons. The van der Waals surface area contributed by atoms with E-state index in [9.17, 15) is 0 Å². The zero-order valence-corrected chi connectivity index (χ0v) is 15.0. The van der Waals surface area contributed by atoms with Crippen LogP contribution in [0, 0.1) is 11.3 Å². The SMILES string of the molecule is CC(c1ccccc1-c1cnc[nH]1)c1cncn1Cc1ccc(C#N)cc1. The molecule has 0 aliphatic heterocycles. The van der Waals surface area contributed by atoms with Gasteiger partial charge in [0.25, 0.3) is 0 Å². The lowest BCUT2D eigenvalue weighted by atomic mass is 9.92. The summed E-state index contributed by atoms with van der Waals surface area (Å²) < 4.78 is 2.16. The summed E-state index contributed by atoms with van der Waals surface area (Å²) in [7, 11) is 0. The Kier molecular flexibility index (Phi) is 4.54. The van der Waals surface area contributed by atoms with E-state index in [2.05, 4.69) is 50.7 Å². The highest BCUT2D eigenvalue weighted by molar-refractivity contribution is 5.64. The van der Waals surface area contributed by atoms with Gasteiger partial charge in [-0.1, -0.05) is 43.3 Å². The quantitative estimate of drug-likeness (QED) is 0.580. The number of aromatic amines is 1. The molecule has 0 amide bonds. The average molecular weight is 353 g/mol. The van der Waals surface area contributed by atoms with Gasteiger partial charge in [-0.3, -0.25) is 0 Å². The third kappa shape index (κ3) is 3.38. The number of nitriles is 1. The van der Waals surface area contributed by atoms with Crippen molar-refractivity contribution in [3.05, 3.63) is 96.0 Å². The van der Waals surface area contributed by atoms with Gasteiger partial charge in [-0.2, -0.15) is 5.26 Å². The molecule has 1 atom stereocenters. The molecule has 4 aromatic rings. The van der Waals surface area contributed by atoms with Crippen LogP contribution in [-0.4, -0.2) is 19.5 Å². The largest absolute Gasteiger partial charge is 0.345 e. The molecule has 2 aromatic carbocycles. The first-order valence-electron chi connectivity index (χ1n) is 8.83. The predicted octanol–water partition coefficient (Wildman–Crippen LogP) is 4.34. The number of hydrogen-bond acceptors (Lipinski definition) is 3. The second kappa shape index (κ2) is 7.30. The van der Waals surface area contributed by atoms with Gasteiger partial charge in [-0.15, -0.1) is 0 Å². The van der Waals surface area contributed by atoms with Gasteiger partial charge < -0.3 is 9.55 Å². The van der Waals surface area contributed by atoms with Gasteiger partial charge in [0.2, 0.25) is 0 Å². The maximum Gasteiger partial charge on any atom is 0.0991 e. The lowest BCUT2D eigenvalue weighted by Gasteiger charge is -2.18. The van der Waals surface area contributed by atoms with E-state index in [1.54, 1.807) is 6.33 Å². The van der Waals surface area contributed by atoms with Crippen LogP contribution in [0.1, 0.15) is 35.2 Å². The monoisotopic (exact) mass is 353 g/mol. The number of nitrogens with one attached hydrogen (secondary N) is 1. The molecule has 0 aliphatic rings. The third-order valence-corrected chi connectivity index (χ3v) is 4.84. The third-order valence-electron chi connectivity index (χ3n) is 4.84. The summed E-state index contributed by atoms with van der Waals surface area (Å²) in [5, 5.41) is 8.96. The minimum atomic E-state index is 0.172. The number of H-pyrrole nitrogens is 1. The number of hydrogen-bond donors (Lipinski definition) is 1. The summed E-state index contributed by atoms with van der Waals surface area (Å²) in [6, 6.07) is 18.2. The Bertz CT molecular complexity index is 1070. The van der Waals surface area contributed by atoms with Crippen molar-refractivity contribution < 1.29 is 0 Å². The van der Waals surface area contributed by atoms with Gasteiger partial charge in [-0.25, -0.2) is 9.97 Å². The van der Waals surface area contributed by atoms with Crippen LogP contribution < -0.4 is 0 Å². The number of imidazole rings is 2. The van der Waals surface area contributed by atoms with Crippen molar-refractivity contribution in [1.29, 1.82) is 5.26 Å². The van der Waals surface area contributed by atoms with Crippen molar-refractivity contribution in [1.82, 2.24) is 19.5 Å². The summed E-state index contributed by atoms with van der Waals surface area (Å²) in [6.45, 7) is 2.92. The summed E-state index contributed by atoms with van der Waals surface area (Å²) in [4.78, 5) is 11.7. The van der Waals surface area contributed by atoms with Gasteiger partial charge >= 0.3 is 0 Å². The fourth-order valence-electron chi connectivity index (χ4n) is 3.39. The Morgan fingerprint density at radius 2 is 1.89 bits per heavy atom. The minimum absolute atomic E-state index is 0.172. The van der Waals surface area contributed by atoms with Crippen molar-refractivity contribution in [2.75, 3.05) is 0 Å². The standard InChI is InChI=1S/C22H19N5/c1-16(19-4-2-3-5-20(19)21-11-24-14-26-21)22-12-25-15-27(22)13-18-8-6-17(10-23)7-9-18/h2-9,11-12,14-16H,13H2,1H3,(H,24,26). The van der Waals surface area contributed by atoms with Crippen molar-refractivity contribution in [3.8, 4) is 17.3 Å². The molecule has 0 saturated carbocycles. The molecule has 2 heterocycles. The maximum absolute atomic E-state index is 8.96. The van der Waals surface area contributed by atoms with Crippen molar-refractivity contribution in [3.63, 3.8) is 0 Å². The molecular formula is C22H19N5. The smallest absolute Gasteiger partial charge is 0.0991 e. The molecule has 0 spiro atoms. The molecule has 1 unspecified atom stereocenters. The van der Waals surface area contributed by atoms with Crippen LogP contribution >= 0.6 is 0 Å². The topological polar surface area (TPSA) is 70.3 Å². The fraction of sp³-hybridized carbons (Fsp3) is 0.136. The molecule has 0 bridgehead atoms. The zero-order valence-electron chi connectivity index (χ0n) is 15.0. The second-order valence-corrected chi connectivity index (χ2v) is 6.53. The zero-order chi connectivity index (χ0) is 18.6. The van der Waals surface area contributed by atoms with E-state index < -0.39 is 0 Å². The highest BCUT2D eigenvalue weighted by Crippen LogP contribution is 2.32.